The summed E-state index contributed by atoms with van der Waals surface area (Å²) >= 11 is 0. The van der Waals surface area contributed by atoms with Crippen molar-refractivity contribution in [2.45, 2.75) is 162 Å². The van der Waals surface area contributed by atoms with Crippen molar-refractivity contribution < 1.29 is 0 Å². The van der Waals surface area contributed by atoms with Gasteiger partial charge >= 0.3 is 0 Å². The Labute approximate surface area is 168 Å². The van der Waals surface area contributed by atoms with Gasteiger partial charge in [-0.2, -0.15) is 0 Å². The van der Waals surface area contributed by atoms with E-state index in [-0.39, 0.29) is 0 Å². The van der Waals surface area contributed by atoms with Gasteiger partial charge in [0.25, 0.3) is 0 Å². The Kier molecular flexibility index (Phi) is 23.0. The molecule has 0 aromatic carbocycles. The van der Waals surface area contributed by atoms with Crippen molar-refractivity contribution in [3.8, 4) is 0 Å². The molecule has 0 fully saturated rings. The van der Waals surface area contributed by atoms with E-state index < -0.39 is 0 Å². The molecule has 0 atom stereocenters. The number of unbranched alkanes of at least 4 members (excludes halogenated alkanes) is 16. The van der Waals surface area contributed by atoms with Crippen LogP contribution in [0.25, 0.3) is 0 Å². The second-order valence-electron chi connectivity index (χ2n) is 8.89. The van der Waals surface area contributed by atoms with Crippen LogP contribution in [-0.2, 0) is 0 Å². The van der Waals surface area contributed by atoms with Crippen LogP contribution in [0.1, 0.15) is 162 Å². The number of hydrogen-bond donors (Lipinski definition) is 0. The summed E-state index contributed by atoms with van der Waals surface area (Å²) in [4.78, 5) is 0. The number of hydrogen-bond acceptors (Lipinski definition) is 0. The smallest absolute Gasteiger partial charge is 0.0414 e. The summed E-state index contributed by atoms with van der Waals surface area (Å²) in [6, 6.07) is 0. The highest BCUT2D eigenvalue weighted by Crippen LogP contribution is 2.23. The molecule has 26 heavy (non-hydrogen) atoms. The molecule has 0 radical (unpaired) electrons. The highest BCUT2D eigenvalue weighted by atomic mass is 14.1. The Bertz CT molecular complexity index is 224. The van der Waals surface area contributed by atoms with E-state index in [4.69, 9.17) is 0 Å². The first-order chi connectivity index (χ1) is 12.8. The molecule has 0 N–H and O–H groups in total. The van der Waals surface area contributed by atoms with Crippen LogP contribution in [0.5, 0.6) is 0 Å². The fourth-order valence-corrected chi connectivity index (χ4v) is 4.22. The van der Waals surface area contributed by atoms with Gasteiger partial charge < -0.3 is 0 Å². The number of rotatable bonds is 22. The fourth-order valence-electron chi connectivity index (χ4n) is 4.22. The SMILES string of the molecule is CCCCCCCCCCCCCCCCCC(CCCC)CCCC. The van der Waals surface area contributed by atoms with Crippen molar-refractivity contribution in [3.63, 3.8) is 0 Å². The third-order valence-electron chi connectivity index (χ3n) is 6.15. The average Bonchev–Trinajstić information content (AvgIpc) is 2.66. The molecule has 0 aromatic rings. The molecule has 0 saturated carbocycles. The molecule has 0 amide bonds. The predicted molar refractivity (Wildman–Crippen MR) is 122 cm³/mol. The maximum absolute atomic E-state index is 2.34. The minimum absolute atomic E-state index is 1.04. The third-order valence-corrected chi connectivity index (χ3v) is 6.15. The van der Waals surface area contributed by atoms with E-state index in [0.29, 0.717) is 0 Å². The second kappa shape index (κ2) is 23.0. The minimum atomic E-state index is 1.04. The molecule has 0 heterocycles. The Morgan fingerprint density at radius 2 is 0.577 bits per heavy atom. The molecule has 0 nitrogen and oxygen atoms in total. The third kappa shape index (κ3) is 20.3. The Hall–Kier alpha value is 0. The first-order valence-corrected chi connectivity index (χ1v) is 12.8. The summed E-state index contributed by atoms with van der Waals surface area (Å²) in [5.74, 6) is 1.04. The Morgan fingerprint density at radius 1 is 0.308 bits per heavy atom. The van der Waals surface area contributed by atoms with Crippen LogP contribution in [-0.4, -0.2) is 0 Å². The Balaban J connectivity index is 3.26. The van der Waals surface area contributed by atoms with Crippen LogP contribution in [0.2, 0.25) is 0 Å². The summed E-state index contributed by atoms with van der Waals surface area (Å²) in [7, 11) is 0. The molecule has 0 saturated heterocycles. The molecule has 0 unspecified atom stereocenters. The molecule has 0 heteroatoms. The largest absolute Gasteiger partial charge is 0.0654 e. The van der Waals surface area contributed by atoms with Crippen LogP contribution in [0.3, 0.4) is 0 Å². The van der Waals surface area contributed by atoms with Gasteiger partial charge in [0.1, 0.15) is 0 Å². The second-order valence-corrected chi connectivity index (χ2v) is 8.89. The van der Waals surface area contributed by atoms with Gasteiger partial charge in [-0.3, -0.25) is 0 Å². The van der Waals surface area contributed by atoms with E-state index in [2.05, 4.69) is 20.8 Å². The zero-order valence-electron chi connectivity index (χ0n) is 19.1. The maximum atomic E-state index is 2.34. The van der Waals surface area contributed by atoms with Crippen molar-refractivity contribution >= 4 is 0 Å². The molecule has 0 aromatic heterocycles. The van der Waals surface area contributed by atoms with Crippen molar-refractivity contribution in [2.75, 3.05) is 0 Å². The van der Waals surface area contributed by atoms with Gasteiger partial charge in [-0.15, -0.1) is 0 Å². The van der Waals surface area contributed by atoms with Crippen molar-refractivity contribution in [1.82, 2.24) is 0 Å². The topological polar surface area (TPSA) is 0 Å². The van der Waals surface area contributed by atoms with Crippen LogP contribution in [0.15, 0.2) is 0 Å². The van der Waals surface area contributed by atoms with E-state index in [1.54, 1.807) is 0 Å². The quantitative estimate of drug-likeness (QED) is 0.167. The zero-order chi connectivity index (χ0) is 19.1. The van der Waals surface area contributed by atoms with E-state index >= 15 is 0 Å². The molecule has 0 aliphatic heterocycles. The van der Waals surface area contributed by atoms with Crippen molar-refractivity contribution in [2.24, 2.45) is 5.92 Å². The van der Waals surface area contributed by atoms with Gasteiger partial charge in [-0.25, -0.2) is 0 Å². The van der Waals surface area contributed by atoms with Crippen LogP contribution in [0.4, 0.5) is 0 Å². The van der Waals surface area contributed by atoms with Crippen molar-refractivity contribution in [3.05, 3.63) is 0 Å². The minimum Gasteiger partial charge on any atom is -0.0654 e. The van der Waals surface area contributed by atoms with E-state index in [0.717, 1.165) is 5.92 Å². The summed E-state index contributed by atoms with van der Waals surface area (Å²) in [5.41, 5.74) is 0. The molecular formula is C26H54. The van der Waals surface area contributed by atoms with Gasteiger partial charge in [0.05, 0.1) is 0 Å². The normalized spacial score (nSPS) is 11.5. The summed E-state index contributed by atoms with van der Waals surface area (Å²) < 4.78 is 0. The fraction of sp³-hybridized carbons (Fsp3) is 1.00. The molecule has 0 rings (SSSR count). The molecule has 0 aliphatic rings. The van der Waals surface area contributed by atoms with Gasteiger partial charge in [-0.05, 0) is 5.92 Å². The standard InChI is InChI=1S/C26H54/c1-4-7-10-11-12-13-14-15-16-17-18-19-20-21-22-25-26(23-8-5-2)24-9-6-3/h26H,4-25H2,1-3H3. The molecule has 0 aliphatic carbocycles. The summed E-state index contributed by atoms with van der Waals surface area (Å²) in [6.07, 6.45) is 32.3. The van der Waals surface area contributed by atoms with Gasteiger partial charge in [0, 0.05) is 0 Å². The van der Waals surface area contributed by atoms with Gasteiger partial charge in [0.15, 0.2) is 0 Å². The lowest BCUT2D eigenvalue weighted by molar-refractivity contribution is 0.376. The van der Waals surface area contributed by atoms with Crippen molar-refractivity contribution in [1.29, 1.82) is 0 Å². The first-order valence-electron chi connectivity index (χ1n) is 12.8. The van der Waals surface area contributed by atoms with Crippen LogP contribution < -0.4 is 0 Å². The monoisotopic (exact) mass is 366 g/mol. The van der Waals surface area contributed by atoms with E-state index in [1.165, 1.54) is 141 Å². The molecule has 0 spiro atoms. The highest BCUT2D eigenvalue weighted by Gasteiger charge is 2.07. The molecule has 158 valence electrons. The van der Waals surface area contributed by atoms with E-state index in [9.17, 15) is 0 Å². The maximum Gasteiger partial charge on any atom is -0.0414 e. The first kappa shape index (κ1) is 26.0. The highest BCUT2D eigenvalue weighted by molar-refractivity contribution is 4.60. The summed E-state index contributed by atoms with van der Waals surface area (Å²) in [5, 5.41) is 0. The average molecular weight is 367 g/mol. The van der Waals surface area contributed by atoms with Gasteiger partial charge in [0.2, 0.25) is 0 Å². The van der Waals surface area contributed by atoms with Crippen LogP contribution in [0, 0.1) is 5.92 Å². The predicted octanol–water partition coefficient (Wildman–Crippen LogP) is 10.2. The molecular weight excluding hydrogens is 312 g/mol. The lowest BCUT2D eigenvalue weighted by atomic mass is 9.90. The Morgan fingerprint density at radius 3 is 0.923 bits per heavy atom. The molecule has 0 bridgehead atoms. The summed E-state index contributed by atoms with van der Waals surface area (Å²) in [6.45, 7) is 6.98. The van der Waals surface area contributed by atoms with Crippen LogP contribution >= 0.6 is 0 Å². The van der Waals surface area contributed by atoms with Gasteiger partial charge in [-0.1, -0.05) is 162 Å². The lowest BCUT2D eigenvalue weighted by Crippen LogP contribution is -2.01. The lowest BCUT2D eigenvalue weighted by Gasteiger charge is -2.16. The van der Waals surface area contributed by atoms with E-state index in [1.807, 2.05) is 0 Å². The zero-order valence-corrected chi connectivity index (χ0v) is 19.1.